The number of likely N-dealkylation sites (tertiary alicyclic amines) is 1. The van der Waals surface area contributed by atoms with Crippen molar-refractivity contribution in [1.29, 1.82) is 0 Å². The number of esters is 1. The lowest BCUT2D eigenvalue weighted by Crippen LogP contribution is -2.38. The molecule has 0 aliphatic carbocycles. The van der Waals surface area contributed by atoms with Gasteiger partial charge in [0.1, 0.15) is 0 Å². The molecule has 0 radical (unpaired) electrons. The normalized spacial score (nSPS) is 20.3. The molecule has 6 heteroatoms. The van der Waals surface area contributed by atoms with Crippen molar-refractivity contribution in [3.05, 3.63) is 35.4 Å². The van der Waals surface area contributed by atoms with Gasteiger partial charge in [0.05, 0.1) is 18.6 Å². The van der Waals surface area contributed by atoms with E-state index in [9.17, 15) is 18.0 Å². The number of nitrogens with zero attached hydrogens (tertiary/aromatic N) is 1. The van der Waals surface area contributed by atoms with Crippen molar-refractivity contribution in [2.45, 2.75) is 25.6 Å². The highest BCUT2D eigenvalue weighted by Crippen LogP contribution is 2.29. The number of hydrogen-bond donors (Lipinski definition) is 0. The molecule has 3 nitrogen and oxygen atoms in total. The molecule has 1 heterocycles. The fourth-order valence-electron chi connectivity index (χ4n) is 2.62. The maximum atomic E-state index is 12.5. The molecule has 1 aliphatic rings. The molecule has 2 rings (SSSR count). The first kappa shape index (κ1) is 15.8. The first-order chi connectivity index (χ1) is 9.90. The van der Waals surface area contributed by atoms with Crippen molar-refractivity contribution in [2.24, 2.45) is 5.92 Å². The summed E-state index contributed by atoms with van der Waals surface area (Å²) in [6.07, 6.45) is -2.61. The van der Waals surface area contributed by atoms with E-state index in [1.165, 1.54) is 19.2 Å². The number of carbonyl (C=O) groups excluding carboxylic acids is 1. The van der Waals surface area contributed by atoms with Crippen LogP contribution < -0.4 is 0 Å². The molecule has 1 fully saturated rings. The Labute approximate surface area is 121 Å². The second kappa shape index (κ2) is 6.47. The largest absolute Gasteiger partial charge is 0.469 e. The van der Waals surface area contributed by atoms with Crippen LogP contribution in [0.15, 0.2) is 24.3 Å². The molecule has 0 N–H and O–H groups in total. The highest BCUT2D eigenvalue weighted by Gasteiger charge is 2.30. The van der Waals surface area contributed by atoms with Crippen LogP contribution in [0.5, 0.6) is 0 Å². The predicted octanol–water partition coefficient (Wildman–Crippen LogP) is 3.09. The third-order valence-corrected chi connectivity index (χ3v) is 3.73. The van der Waals surface area contributed by atoms with Crippen LogP contribution in [0, 0.1) is 5.92 Å². The van der Waals surface area contributed by atoms with Gasteiger partial charge in [-0.1, -0.05) is 12.1 Å². The van der Waals surface area contributed by atoms with Crippen molar-refractivity contribution in [1.82, 2.24) is 4.90 Å². The minimum Gasteiger partial charge on any atom is -0.469 e. The zero-order chi connectivity index (χ0) is 15.5. The van der Waals surface area contributed by atoms with Gasteiger partial charge in [-0.15, -0.1) is 0 Å². The van der Waals surface area contributed by atoms with Crippen molar-refractivity contribution in [2.75, 3.05) is 20.2 Å². The van der Waals surface area contributed by atoms with E-state index in [2.05, 4.69) is 4.90 Å². The average Bonchev–Trinajstić information content (AvgIpc) is 2.46. The summed E-state index contributed by atoms with van der Waals surface area (Å²) in [7, 11) is 1.37. The third-order valence-electron chi connectivity index (χ3n) is 3.73. The molecule has 0 unspecified atom stereocenters. The molecule has 0 saturated carbocycles. The first-order valence-corrected chi connectivity index (χ1v) is 6.86. The maximum Gasteiger partial charge on any atom is 0.416 e. The lowest BCUT2D eigenvalue weighted by atomic mass is 9.97. The summed E-state index contributed by atoms with van der Waals surface area (Å²) in [5, 5.41) is 0. The summed E-state index contributed by atoms with van der Waals surface area (Å²) in [5.41, 5.74) is 0.172. The van der Waals surface area contributed by atoms with Crippen molar-refractivity contribution in [3.63, 3.8) is 0 Å². The van der Waals surface area contributed by atoms with E-state index in [0.29, 0.717) is 13.1 Å². The van der Waals surface area contributed by atoms with Crippen molar-refractivity contribution >= 4 is 5.97 Å². The Morgan fingerprint density at radius 3 is 2.57 bits per heavy atom. The topological polar surface area (TPSA) is 29.5 Å². The van der Waals surface area contributed by atoms with Crippen LogP contribution in [0.4, 0.5) is 13.2 Å². The third kappa shape index (κ3) is 4.20. The van der Waals surface area contributed by atoms with Crippen molar-refractivity contribution < 1.29 is 22.7 Å². The number of methoxy groups -OCH3 is 1. The van der Waals surface area contributed by atoms with Crippen LogP contribution in [0.2, 0.25) is 0 Å². The Balaban J connectivity index is 1.96. The standard InChI is InChI=1S/C15H18F3NO2/c1-21-14(20)12-3-2-8-19(10-12)9-11-4-6-13(7-5-11)15(16,17)18/h4-7,12H,2-3,8-10H2,1H3/t12-/m0/s1. The summed E-state index contributed by atoms with van der Waals surface area (Å²) >= 11 is 0. The highest BCUT2D eigenvalue weighted by molar-refractivity contribution is 5.72. The van der Waals surface area contributed by atoms with E-state index in [1.807, 2.05) is 0 Å². The minimum atomic E-state index is -4.31. The van der Waals surface area contributed by atoms with Crippen LogP contribution in [0.25, 0.3) is 0 Å². The number of hydrogen-bond acceptors (Lipinski definition) is 3. The highest BCUT2D eigenvalue weighted by atomic mass is 19.4. The van der Waals surface area contributed by atoms with Gasteiger partial charge in [0.2, 0.25) is 0 Å². The van der Waals surface area contributed by atoms with Gasteiger partial charge in [-0.05, 0) is 37.1 Å². The van der Waals surface area contributed by atoms with Gasteiger partial charge < -0.3 is 4.74 Å². The number of ether oxygens (including phenoxy) is 1. The SMILES string of the molecule is COC(=O)[C@H]1CCCN(Cc2ccc(C(F)(F)F)cc2)C1. The molecule has 0 bridgehead atoms. The summed E-state index contributed by atoms with van der Waals surface area (Å²) in [4.78, 5) is 13.6. The Morgan fingerprint density at radius 2 is 2.00 bits per heavy atom. The molecule has 1 atom stereocenters. The first-order valence-electron chi connectivity index (χ1n) is 6.86. The molecule has 1 saturated heterocycles. The lowest BCUT2D eigenvalue weighted by molar-refractivity contribution is -0.147. The number of alkyl halides is 3. The number of halogens is 3. The molecular weight excluding hydrogens is 283 g/mol. The van der Waals surface area contributed by atoms with Gasteiger partial charge in [0, 0.05) is 13.1 Å². The Kier molecular flexibility index (Phi) is 4.88. The van der Waals surface area contributed by atoms with E-state index >= 15 is 0 Å². The van der Waals surface area contributed by atoms with Gasteiger partial charge in [0.15, 0.2) is 0 Å². The van der Waals surface area contributed by atoms with Crippen LogP contribution in [-0.4, -0.2) is 31.1 Å². The van der Waals surface area contributed by atoms with Gasteiger partial charge in [-0.25, -0.2) is 0 Å². The maximum absolute atomic E-state index is 12.5. The zero-order valence-corrected chi connectivity index (χ0v) is 11.8. The quantitative estimate of drug-likeness (QED) is 0.804. The van der Waals surface area contributed by atoms with Gasteiger partial charge in [0.25, 0.3) is 0 Å². The average molecular weight is 301 g/mol. The molecule has 116 valence electrons. The second-order valence-electron chi connectivity index (χ2n) is 5.29. The summed E-state index contributed by atoms with van der Waals surface area (Å²) < 4.78 is 42.2. The molecule has 1 aromatic carbocycles. The van der Waals surface area contributed by atoms with E-state index in [0.717, 1.165) is 37.1 Å². The second-order valence-corrected chi connectivity index (χ2v) is 5.29. The molecule has 0 spiro atoms. The molecule has 21 heavy (non-hydrogen) atoms. The van der Waals surface area contributed by atoms with Gasteiger partial charge >= 0.3 is 12.1 Å². The van der Waals surface area contributed by atoms with Crippen LogP contribution in [-0.2, 0) is 22.3 Å². The number of piperidine rings is 1. The molecule has 1 aromatic rings. The summed E-state index contributed by atoms with van der Waals surface area (Å²) in [5.74, 6) is -0.356. The van der Waals surface area contributed by atoms with Crippen LogP contribution in [0.3, 0.4) is 0 Å². The summed E-state index contributed by atoms with van der Waals surface area (Å²) in [6.45, 7) is 1.98. The van der Waals surface area contributed by atoms with E-state index in [-0.39, 0.29) is 11.9 Å². The molecule has 0 aromatic heterocycles. The molecular formula is C15H18F3NO2. The Hall–Kier alpha value is -1.56. The zero-order valence-electron chi connectivity index (χ0n) is 11.8. The van der Waals surface area contributed by atoms with E-state index in [4.69, 9.17) is 4.74 Å². The predicted molar refractivity (Wildman–Crippen MR) is 71.5 cm³/mol. The van der Waals surface area contributed by atoms with Crippen molar-refractivity contribution in [3.8, 4) is 0 Å². The fourth-order valence-corrected chi connectivity index (χ4v) is 2.62. The Bertz CT molecular complexity index is 485. The molecule has 1 aliphatic heterocycles. The summed E-state index contributed by atoms with van der Waals surface area (Å²) in [6, 6.07) is 5.17. The lowest BCUT2D eigenvalue weighted by Gasteiger charge is -2.31. The molecule has 0 amide bonds. The van der Waals surface area contributed by atoms with E-state index in [1.54, 1.807) is 0 Å². The number of benzene rings is 1. The van der Waals surface area contributed by atoms with Gasteiger partial charge in [-0.2, -0.15) is 13.2 Å². The number of rotatable bonds is 3. The monoisotopic (exact) mass is 301 g/mol. The van der Waals surface area contributed by atoms with Crippen LogP contribution in [0.1, 0.15) is 24.0 Å². The van der Waals surface area contributed by atoms with Gasteiger partial charge in [-0.3, -0.25) is 9.69 Å². The minimum absolute atomic E-state index is 0.141. The van der Waals surface area contributed by atoms with E-state index < -0.39 is 11.7 Å². The van der Waals surface area contributed by atoms with Crippen LogP contribution >= 0.6 is 0 Å². The Morgan fingerprint density at radius 1 is 1.33 bits per heavy atom. The number of carbonyl (C=O) groups is 1. The fraction of sp³-hybridized carbons (Fsp3) is 0.533. The smallest absolute Gasteiger partial charge is 0.416 e.